The zero-order valence-corrected chi connectivity index (χ0v) is 11.5. The average Bonchev–Trinajstić information content (AvgIpc) is 2.48. The van der Waals surface area contributed by atoms with E-state index in [0.29, 0.717) is 13.0 Å². The third-order valence-corrected chi connectivity index (χ3v) is 3.14. The van der Waals surface area contributed by atoms with Crippen molar-refractivity contribution >= 4 is 0 Å². The van der Waals surface area contributed by atoms with Gasteiger partial charge in [0.25, 0.3) is 0 Å². The zero-order chi connectivity index (χ0) is 14.2. The maximum Gasteiger partial charge on any atom is 0.119 e. The molecule has 0 saturated carbocycles. The maximum absolute atomic E-state index is 8.77. The Labute approximate surface area is 120 Å². The number of rotatable bonds is 7. The Bertz CT molecular complexity index is 496. The second-order valence-electron chi connectivity index (χ2n) is 4.89. The van der Waals surface area contributed by atoms with E-state index in [9.17, 15) is 0 Å². The molecule has 3 N–H and O–H groups in total. The lowest BCUT2D eigenvalue weighted by Gasteiger charge is -2.12. The van der Waals surface area contributed by atoms with Crippen LogP contribution in [0.4, 0.5) is 0 Å². The number of aliphatic hydroxyl groups is 1. The number of nitrogens with two attached hydrogens (primary N) is 1. The molecule has 0 aromatic heterocycles. The molecule has 1 atom stereocenters. The molecule has 0 aliphatic carbocycles. The van der Waals surface area contributed by atoms with Crippen LogP contribution in [-0.2, 0) is 6.42 Å². The van der Waals surface area contributed by atoms with Gasteiger partial charge in [-0.1, -0.05) is 42.5 Å². The van der Waals surface area contributed by atoms with Crippen LogP contribution in [0, 0.1) is 0 Å². The van der Waals surface area contributed by atoms with Gasteiger partial charge in [-0.15, -0.1) is 0 Å². The van der Waals surface area contributed by atoms with Crippen LogP contribution >= 0.6 is 0 Å². The van der Waals surface area contributed by atoms with Crippen LogP contribution in [0.25, 0.3) is 0 Å². The molecule has 0 amide bonds. The molecule has 20 heavy (non-hydrogen) atoms. The van der Waals surface area contributed by atoms with Gasteiger partial charge in [0.2, 0.25) is 0 Å². The number of benzene rings is 2. The molecule has 3 nitrogen and oxygen atoms in total. The second kappa shape index (κ2) is 7.68. The third kappa shape index (κ3) is 4.68. The van der Waals surface area contributed by atoms with Crippen molar-refractivity contribution < 1.29 is 9.84 Å². The fourth-order valence-corrected chi connectivity index (χ4v) is 1.99. The van der Waals surface area contributed by atoms with E-state index in [2.05, 4.69) is 36.4 Å². The Morgan fingerprint density at radius 2 is 1.60 bits per heavy atom. The van der Waals surface area contributed by atoms with E-state index in [1.165, 1.54) is 11.1 Å². The molecular weight excluding hydrogens is 250 g/mol. The highest BCUT2D eigenvalue weighted by molar-refractivity contribution is 5.31. The van der Waals surface area contributed by atoms with Gasteiger partial charge in [-0.05, 0) is 36.1 Å². The summed E-state index contributed by atoms with van der Waals surface area (Å²) in [5.41, 5.74) is 8.33. The van der Waals surface area contributed by atoms with Crippen LogP contribution < -0.4 is 10.5 Å². The normalized spacial score (nSPS) is 12.1. The van der Waals surface area contributed by atoms with Crippen molar-refractivity contribution in [3.63, 3.8) is 0 Å². The number of aliphatic hydroxyl groups excluding tert-OH is 1. The van der Waals surface area contributed by atoms with Gasteiger partial charge in [0.15, 0.2) is 0 Å². The fraction of sp³-hybridized carbons (Fsp3) is 0.294. The molecule has 0 bridgehead atoms. The van der Waals surface area contributed by atoms with Crippen LogP contribution in [0.3, 0.4) is 0 Å². The Morgan fingerprint density at radius 3 is 2.25 bits per heavy atom. The van der Waals surface area contributed by atoms with Gasteiger partial charge in [-0.3, -0.25) is 0 Å². The molecule has 2 aromatic rings. The van der Waals surface area contributed by atoms with Gasteiger partial charge in [0, 0.05) is 12.6 Å². The molecular formula is C17H21NO2. The Hall–Kier alpha value is -1.84. The Kier molecular flexibility index (Phi) is 5.59. The van der Waals surface area contributed by atoms with Crippen molar-refractivity contribution in [3.05, 3.63) is 65.7 Å². The number of ether oxygens (including phenoxy) is 1. The maximum atomic E-state index is 8.77. The monoisotopic (exact) mass is 271 g/mol. The molecule has 0 fully saturated rings. The largest absolute Gasteiger partial charge is 0.492 e. The predicted octanol–water partition coefficient (Wildman–Crippen LogP) is 2.37. The minimum absolute atomic E-state index is 0.0978. The van der Waals surface area contributed by atoms with Crippen molar-refractivity contribution in [1.29, 1.82) is 0 Å². The number of hydrogen-bond donors (Lipinski definition) is 2. The zero-order valence-electron chi connectivity index (χ0n) is 11.5. The van der Waals surface area contributed by atoms with Crippen LogP contribution in [0.5, 0.6) is 5.75 Å². The summed E-state index contributed by atoms with van der Waals surface area (Å²) in [4.78, 5) is 0. The average molecular weight is 271 g/mol. The first kappa shape index (κ1) is 14.6. The molecule has 0 heterocycles. The van der Waals surface area contributed by atoms with Gasteiger partial charge >= 0.3 is 0 Å². The molecule has 3 heteroatoms. The van der Waals surface area contributed by atoms with Gasteiger partial charge in [-0.25, -0.2) is 0 Å². The van der Waals surface area contributed by atoms with E-state index in [-0.39, 0.29) is 12.6 Å². The summed E-state index contributed by atoms with van der Waals surface area (Å²) < 4.78 is 5.59. The van der Waals surface area contributed by atoms with E-state index in [4.69, 9.17) is 15.6 Å². The molecule has 2 aromatic carbocycles. The summed E-state index contributed by atoms with van der Waals surface area (Å²) in [6, 6.07) is 18.3. The highest BCUT2D eigenvalue weighted by atomic mass is 16.5. The summed E-state index contributed by atoms with van der Waals surface area (Å²) in [5.74, 6) is 0.815. The predicted molar refractivity (Wildman–Crippen MR) is 80.9 cm³/mol. The summed E-state index contributed by atoms with van der Waals surface area (Å²) in [6.45, 7) is 0.527. The van der Waals surface area contributed by atoms with Gasteiger partial charge in [0.05, 0.1) is 0 Å². The standard InChI is InChI=1S/C17H21NO2/c18-16(10-11-19)13-20-17-8-6-15(7-9-17)12-14-4-2-1-3-5-14/h1-9,16,19H,10-13,18H2. The van der Waals surface area contributed by atoms with Crippen LogP contribution in [0.15, 0.2) is 54.6 Å². The Balaban J connectivity index is 1.87. The second-order valence-corrected chi connectivity index (χ2v) is 4.89. The van der Waals surface area contributed by atoms with Crippen LogP contribution in [-0.4, -0.2) is 24.4 Å². The highest BCUT2D eigenvalue weighted by Crippen LogP contribution is 2.15. The molecule has 0 spiro atoms. The smallest absolute Gasteiger partial charge is 0.119 e. The quantitative estimate of drug-likeness (QED) is 0.813. The van der Waals surface area contributed by atoms with E-state index in [0.717, 1.165) is 12.2 Å². The van der Waals surface area contributed by atoms with E-state index >= 15 is 0 Å². The topological polar surface area (TPSA) is 55.5 Å². The van der Waals surface area contributed by atoms with Crippen molar-refractivity contribution in [3.8, 4) is 5.75 Å². The lowest BCUT2D eigenvalue weighted by molar-refractivity contribution is 0.233. The molecule has 2 rings (SSSR count). The minimum Gasteiger partial charge on any atom is -0.492 e. The highest BCUT2D eigenvalue weighted by Gasteiger charge is 2.03. The summed E-state index contributed by atoms with van der Waals surface area (Å²) in [5, 5.41) is 8.77. The van der Waals surface area contributed by atoms with Crippen molar-refractivity contribution in [2.45, 2.75) is 18.9 Å². The molecule has 1 unspecified atom stereocenters. The summed E-state index contributed by atoms with van der Waals surface area (Å²) >= 11 is 0. The first-order valence-corrected chi connectivity index (χ1v) is 6.90. The van der Waals surface area contributed by atoms with Gasteiger partial charge < -0.3 is 15.6 Å². The summed E-state index contributed by atoms with van der Waals surface area (Å²) in [6.07, 6.45) is 1.48. The lowest BCUT2D eigenvalue weighted by atomic mass is 10.1. The van der Waals surface area contributed by atoms with Crippen LogP contribution in [0.1, 0.15) is 17.5 Å². The van der Waals surface area contributed by atoms with Gasteiger partial charge in [-0.2, -0.15) is 0 Å². The fourth-order valence-electron chi connectivity index (χ4n) is 1.99. The van der Waals surface area contributed by atoms with Crippen molar-refractivity contribution in [1.82, 2.24) is 0 Å². The van der Waals surface area contributed by atoms with Crippen LogP contribution in [0.2, 0.25) is 0 Å². The van der Waals surface area contributed by atoms with Crippen molar-refractivity contribution in [2.24, 2.45) is 5.73 Å². The van der Waals surface area contributed by atoms with E-state index in [1.807, 2.05) is 18.2 Å². The first-order chi connectivity index (χ1) is 9.78. The molecule has 0 aliphatic heterocycles. The Morgan fingerprint density at radius 1 is 0.950 bits per heavy atom. The third-order valence-electron chi connectivity index (χ3n) is 3.14. The first-order valence-electron chi connectivity index (χ1n) is 6.90. The van der Waals surface area contributed by atoms with Crippen molar-refractivity contribution in [2.75, 3.05) is 13.2 Å². The lowest BCUT2D eigenvalue weighted by Crippen LogP contribution is -2.28. The molecule has 0 aliphatic rings. The molecule has 0 saturated heterocycles. The summed E-state index contributed by atoms with van der Waals surface area (Å²) in [7, 11) is 0. The van der Waals surface area contributed by atoms with E-state index < -0.39 is 0 Å². The number of hydrogen-bond acceptors (Lipinski definition) is 3. The SMILES string of the molecule is NC(CCO)COc1ccc(Cc2ccccc2)cc1. The minimum atomic E-state index is -0.121. The van der Waals surface area contributed by atoms with Gasteiger partial charge in [0.1, 0.15) is 12.4 Å². The molecule has 0 radical (unpaired) electrons. The molecule has 106 valence electrons. The van der Waals surface area contributed by atoms with E-state index in [1.54, 1.807) is 0 Å².